The average molecular weight is 339 g/mol. The highest BCUT2D eigenvalue weighted by atomic mass is 35.7. The van der Waals surface area contributed by atoms with Crippen molar-refractivity contribution in [3.63, 3.8) is 0 Å². The fourth-order valence-electron chi connectivity index (χ4n) is 2.86. The summed E-state index contributed by atoms with van der Waals surface area (Å²) >= 11 is 0. The highest BCUT2D eigenvalue weighted by molar-refractivity contribution is 5.50. The van der Waals surface area contributed by atoms with E-state index in [0.717, 1.165) is 0 Å². The summed E-state index contributed by atoms with van der Waals surface area (Å²) in [6.45, 7) is 7.31. The molecule has 0 spiro atoms. The molecule has 124 valence electrons. The molecule has 0 amide bonds. The number of aryl methyl sites for hydroxylation is 1. The fraction of sp³-hybridized carbons (Fsp3) is 0.312. The SMILES string of the molecule is Cc1cc[n+]2c(c1)C(C)(C)c1cc(CN)ccc1-2.[O-][Cl+3]([O-])([O-])[O-]. The first-order valence-corrected chi connectivity index (χ1v) is 8.26. The highest BCUT2D eigenvalue weighted by Gasteiger charge is 2.43. The lowest BCUT2D eigenvalue weighted by Crippen LogP contribution is -2.68. The van der Waals surface area contributed by atoms with Gasteiger partial charge in [0.2, 0.25) is 5.69 Å². The zero-order valence-corrected chi connectivity index (χ0v) is 14.0. The van der Waals surface area contributed by atoms with E-state index in [9.17, 15) is 0 Å². The number of nitrogens with zero attached hydrogens (tertiary/aromatic N) is 1. The minimum atomic E-state index is -4.94. The van der Waals surface area contributed by atoms with Crippen molar-refractivity contribution in [2.45, 2.75) is 32.7 Å². The van der Waals surface area contributed by atoms with E-state index >= 15 is 0 Å². The van der Waals surface area contributed by atoms with E-state index in [4.69, 9.17) is 24.4 Å². The number of hydrogen-bond acceptors (Lipinski definition) is 5. The van der Waals surface area contributed by atoms with Crippen molar-refractivity contribution in [1.29, 1.82) is 0 Å². The maximum absolute atomic E-state index is 8.49. The monoisotopic (exact) mass is 338 g/mol. The lowest BCUT2D eigenvalue weighted by atomic mass is 9.82. The third-order valence-corrected chi connectivity index (χ3v) is 3.98. The number of aromatic nitrogens is 1. The van der Waals surface area contributed by atoms with Gasteiger partial charge in [0, 0.05) is 30.3 Å². The molecule has 1 aromatic carbocycles. The van der Waals surface area contributed by atoms with Crippen LogP contribution in [0.5, 0.6) is 0 Å². The first-order chi connectivity index (χ1) is 10.5. The van der Waals surface area contributed by atoms with Crippen molar-refractivity contribution in [3.8, 4) is 5.69 Å². The number of hydrogen-bond donors (Lipinski definition) is 1. The number of fused-ring (bicyclic) bond motifs is 3. The summed E-state index contributed by atoms with van der Waals surface area (Å²) < 4.78 is 36.3. The normalized spacial score (nSPS) is 14.6. The highest BCUT2D eigenvalue weighted by Crippen LogP contribution is 2.38. The Morgan fingerprint density at radius 1 is 1.09 bits per heavy atom. The number of rotatable bonds is 1. The van der Waals surface area contributed by atoms with Crippen LogP contribution in [0.4, 0.5) is 0 Å². The Bertz CT molecular complexity index is 721. The largest absolute Gasteiger partial charge is 0.326 e. The molecule has 0 radical (unpaired) electrons. The van der Waals surface area contributed by atoms with Gasteiger partial charge in [-0.15, -0.1) is 10.2 Å². The Balaban J connectivity index is 0.000000338. The molecule has 1 aromatic heterocycles. The summed E-state index contributed by atoms with van der Waals surface area (Å²) in [7, 11) is -4.94. The van der Waals surface area contributed by atoms with Gasteiger partial charge in [-0.25, -0.2) is 18.6 Å². The average Bonchev–Trinajstić information content (AvgIpc) is 2.65. The van der Waals surface area contributed by atoms with Crippen LogP contribution < -0.4 is 28.9 Å². The predicted molar refractivity (Wildman–Crippen MR) is 72.7 cm³/mol. The molecule has 23 heavy (non-hydrogen) atoms. The first kappa shape index (κ1) is 17.8. The first-order valence-electron chi connectivity index (χ1n) is 7.02. The summed E-state index contributed by atoms with van der Waals surface area (Å²) in [6.07, 6.45) is 2.17. The van der Waals surface area contributed by atoms with E-state index in [0.29, 0.717) is 6.54 Å². The van der Waals surface area contributed by atoms with Crippen LogP contribution in [-0.4, -0.2) is 0 Å². The Kier molecular flexibility index (Phi) is 4.77. The van der Waals surface area contributed by atoms with Gasteiger partial charge in [0.05, 0.1) is 5.41 Å². The topological polar surface area (TPSA) is 122 Å². The second kappa shape index (κ2) is 6.16. The van der Waals surface area contributed by atoms with Gasteiger partial charge in [0.15, 0.2) is 11.9 Å². The molecule has 0 saturated heterocycles. The lowest BCUT2D eigenvalue weighted by Gasteiger charge is -2.17. The maximum Gasteiger partial charge on any atom is 0.215 e. The van der Waals surface area contributed by atoms with Crippen molar-refractivity contribution >= 4 is 0 Å². The molecule has 0 aliphatic carbocycles. The van der Waals surface area contributed by atoms with E-state index in [-0.39, 0.29) is 5.41 Å². The molecule has 0 atom stereocenters. The molecular formula is C16H19ClN2O4. The van der Waals surface area contributed by atoms with Crippen molar-refractivity contribution in [2.75, 3.05) is 0 Å². The van der Waals surface area contributed by atoms with Gasteiger partial charge in [-0.05, 0) is 38.0 Å². The lowest BCUT2D eigenvalue weighted by molar-refractivity contribution is -2.00. The number of nitrogens with two attached hydrogens (primary N) is 1. The number of pyridine rings is 1. The van der Waals surface area contributed by atoms with Gasteiger partial charge in [0.25, 0.3) is 0 Å². The van der Waals surface area contributed by atoms with Gasteiger partial charge in [-0.1, -0.05) is 6.07 Å². The van der Waals surface area contributed by atoms with Crippen molar-refractivity contribution in [3.05, 3.63) is 58.9 Å². The number of halogens is 1. The van der Waals surface area contributed by atoms with Crippen LogP contribution in [0, 0.1) is 17.2 Å². The Labute approximate surface area is 137 Å². The summed E-state index contributed by atoms with van der Waals surface area (Å²) in [5.74, 6) is 0. The molecule has 3 rings (SSSR count). The molecular weight excluding hydrogens is 320 g/mol. The molecule has 6 nitrogen and oxygen atoms in total. The quantitative estimate of drug-likeness (QED) is 0.581. The van der Waals surface area contributed by atoms with Gasteiger partial charge in [-0.2, -0.15) is 4.57 Å². The Morgan fingerprint density at radius 2 is 1.70 bits per heavy atom. The zero-order chi connectivity index (χ0) is 17.4. The van der Waals surface area contributed by atoms with E-state index in [1.54, 1.807) is 0 Å². The van der Waals surface area contributed by atoms with Crippen LogP contribution in [0.15, 0.2) is 36.5 Å². The summed E-state index contributed by atoms with van der Waals surface area (Å²) in [6, 6.07) is 11.0. The molecule has 0 fully saturated rings. The fourth-order valence-corrected chi connectivity index (χ4v) is 2.86. The van der Waals surface area contributed by atoms with Crippen LogP contribution in [0.25, 0.3) is 5.69 Å². The van der Waals surface area contributed by atoms with Gasteiger partial charge in [0.1, 0.15) is 0 Å². The third kappa shape index (κ3) is 3.87. The molecule has 2 aromatic rings. The van der Waals surface area contributed by atoms with Gasteiger partial charge in [-0.3, -0.25) is 0 Å². The summed E-state index contributed by atoms with van der Waals surface area (Å²) in [5.41, 5.74) is 12.3. The van der Waals surface area contributed by atoms with E-state index < -0.39 is 10.2 Å². The number of benzene rings is 1. The summed E-state index contributed by atoms with van der Waals surface area (Å²) in [4.78, 5) is 0. The zero-order valence-electron chi connectivity index (χ0n) is 13.2. The third-order valence-electron chi connectivity index (χ3n) is 3.98. The van der Waals surface area contributed by atoms with E-state index in [2.05, 4.69) is 61.9 Å². The molecule has 0 saturated carbocycles. The second-order valence-electron chi connectivity index (χ2n) is 6.02. The van der Waals surface area contributed by atoms with Crippen molar-refractivity contribution in [1.82, 2.24) is 0 Å². The molecule has 2 heterocycles. The minimum absolute atomic E-state index is 0.0481. The van der Waals surface area contributed by atoms with Crippen LogP contribution in [-0.2, 0) is 12.0 Å². The smallest absolute Gasteiger partial charge is 0.215 e. The molecule has 0 bridgehead atoms. The molecule has 1 aliphatic heterocycles. The van der Waals surface area contributed by atoms with E-state index in [1.807, 2.05) is 0 Å². The van der Waals surface area contributed by atoms with Gasteiger partial charge >= 0.3 is 0 Å². The molecule has 1 aliphatic rings. The van der Waals surface area contributed by atoms with Crippen LogP contribution in [0.3, 0.4) is 0 Å². The standard InChI is InChI=1S/C16H19N2.ClHO4/c1-11-6-7-18-14-5-4-12(10-17)9-13(14)16(2,3)15(18)8-11;2-1(3,4)5/h4-9H,10,17H2,1-3H3;(H,2,3,4,5)/q+1;/p-1. The van der Waals surface area contributed by atoms with Crippen molar-refractivity contribution in [2.24, 2.45) is 5.73 Å². The minimum Gasteiger partial charge on any atom is -0.326 e. The van der Waals surface area contributed by atoms with Crippen LogP contribution in [0.2, 0.25) is 0 Å². The second-order valence-corrected chi connectivity index (χ2v) is 6.77. The van der Waals surface area contributed by atoms with Crippen LogP contribution in [0.1, 0.15) is 36.2 Å². The Morgan fingerprint density at radius 3 is 2.26 bits per heavy atom. The van der Waals surface area contributed by atoms with Gasteiger partial charge < -0.3 is 5.73 Å². The van der Waals surface area contributed by atoms with Crippen LogP contribution >= 0.6 is 0 Å². The Hall–Kier alpha value is -1.54. The molecule has 2 N–H and O–H groups in total. The maximum atomic E-state index is 8.49. The molecule has 0 unspecified atom stereocenters. The van der Waals surface area contributed by atoms with E-state index in [1.165, 1.54) is 28.1 Å². The van der Waals surface area contributed by atoms with Crippen molar-refractivity contribution < 1.29 is 33.4 Å². The molecule has 7 heteroatoms. The predicted octanol–water partition coefficient (Wildman–Crippen LogP) is -2.39. The summed E-state index contributed by atoms with van der Waals surface area (Å²) in [5, 5.41) is 0.